The molecule has 0 spiro atoms. The first kappa shape index (κ1) is 9.01. The molecule has 1 aliphatic heterocycles. The summed E-state index contributed by atoms with van der Waals surface area (Å²) in [5.74, 6) is 0. The lowest BCUT2D eigenvalue weighted by Crippen LogP contribution is -2.44. The molecule has 0 aliphatic carbocycles. The highest BCUT2D eigenvalue weighted by atomic mass is 16.5. The molecule has 0 bridgehead atoms. The van der Waals surface area contributed by atoms with Gasteiger partial charge in [0.05, 0.1) is 6.61 Å². The lowest BCUT2D eigenvalue weighted by molar-refractivity contribution is 0.0501. The Hall–Kier alpha value is -0.0800. The third-order valence-electron chi connectivity index (χ3n) is 3.02. The van der Waals surface area contributed by atoms with Gasteiger partial charge in [-0.15, -0.1) is 0 Å². The second-order valence-electron chi connectivity index (χ2n) is 3.54. The van der Waals surface area contributed by atoms with Gasteiger partial charge in [0.2, 0.25) is 0 Å². The summed E-state index contributed by atoms with van der Waals surface area (Å²) in [4.78, 5) is 2.44. The van der Waals surface area contributed by atoms with Gasteiger partial charge in [-0.3, -0.25) is 4.90 Å². The minimum atomic E-state index is 0.356. The second kappa shape index (κ2) is 3.55. The fourth-order valence-corrected chi connectivity index (χ4v) is 2.07. The van der Waals surface area contributed by atoms with Crippen molar-refractivity contribution in [2.75, 3.05) is 27.3 Å². The zero-order chi connectivity index (χ0) is 8.32. The van der Waals surface area contributed by atoms with Gasteiger partial charge in [0.25, 0.3) is 0 Å². The molecule has 0 aromatic rings. The minimum Gasteiger partial charge on any atom is -0.383 e. The lowest BCUT2D eigenvalue weighted by Gasteiger charge is -2.34. The second-order valence-corrected chi connectivity index (χ2v) is 3.54. The van der Waals surface area contributed by atoms with Crippen molar-refractivity contribution in [3.05, 3.63) is 0 Å². The maximum atomic E-state index is 5.25. The van der Waals surface area contributed by atoms with Crippen LogP contribution in [0.25, 0.3) is 0 Å². The van der Waals surface area contributed by atoms with Crippen molar-refractivity contribution in [1.29, 1.82) is 0 Å². The van der Waals surface area contributed by atoms with E-state index >= 15 is 0 Å². The fraction of sp³-hybridized carbons (Fsp3) is 1.00. The van der Waals surface area contributed by atoms with Crippen molar-refractivity contribution in [2.24, 2.45) is 0 Å². The first-order valence-electron chi connectivity index (χ1n) is 4.45. The van der Waals surface area contributed by atoms with Crippen molar-refractivity contribution in [1.82, 2.24) is 4.90 Å². The number of rotatable bonds is 3. The van der Waals surface area contributed by atoms with E-state index in [-0.39, 0.29) is 0 Å². The van der Waals surface area contributed by atoms with Gasteiger partial charge >= 0.3 is 0 Å². The zero-order valence-electron chi connectivity index (χ0n) is 7.89. The SMILES string of the molecule is CC[C@]1(COC)CCCN1C. The van der Waals surface area contributed by atoms with Crippen LogP contribution in [-0.2, 0) is 4.74 Å². The molecule has 1 atom stereocenters. The Morgan fingerprint density at radius 1 is 1.55 bits per heavy atom. The number of likely N-dealkylation sites (N-methyl/N-ethyl adjacent to an activating group) is 1. The molecule has 1 aliphatic rings. The third kappa shape index (κ3) is 1.57. The highest BCUT2D eigenvalue weighted by Gasteiger charge is 2.36. The molecule has 0 unspecified atom stereocenters. The summed E-state index contributed by atoms with van der Waals surface area (Å²) in [6.45, 7) is 4.37. The fourth-order valence-electron chi connectivity index (χ4n) is 2.07. The van der Waals surface area contributed by atoms with Crippen molar-refractivity contribution in [3.8, 4) is 0 Å². The average Bonchev–Trinajstić information content (AvgIpc) is 2.35. The monoisotopic (exact) mass is 157 g/mol. The van der Waals surface area contributed by atoms with E-state index in [1.54, 1.807) is 7.11 Å². The van der Waals surface area contributed by atoms with E-state index in [9.17, 15) is 0 Å². The van der Waals surface area contributed by atoms with Gasteiger partial charge in [0.15, 0.2) is 0 Å². The molecule has 1 saturated heterocycles. The number of likely N-dealkylation sites (tertiary alicyclic amines) is 1. The smallest absolute Gasteiger partial charge is 0.0646 e. The molecule has 0 aromatic carbocycles. The summed E-state index contributed by atoms with van der Waals surface area (Å²) in [6, 6.07) is 0. The van der Waals surface area contributed by atoms with Gasteiger partial charge in [-0.25, -0.2) is 0 Å². The van der Waals surface area contributed by atoms with Crippen LogP contribution < -0.4 is 0 Å². The Balaban J connectivity index is 2.57. The molecule has 1 fully saturated rings. The minimum absolute atomic E-state index is 0.356. The van der Waals surface area contributed by atoms with Gasteiger partial charge in [-0.2, -0.15) is 0 Å². The molecule has 0 N–H and O–H groups in total. The molecule has 0 radical (unpaired) electrons. The number of ether oxygens (including phenoxy) is 1. The van der Waals surface area contributed by atoms with Crippen molar-refractivity contribution < 1.29 is 4.74 Å². The molecule has 2 heteroatoms. The van der Waals surface area contributed by atoms with Gasteiger partial charge in [-0.1, -0.05) is 6.92 Å². The molecular formula is C9H19NO. The summed E-state index contributed by atoms with van der Waals surface area (Å²) in [6.07, 6.45) is 3.83. The van der Waals surface area contributed by atoms with Gasteiger partial charge in [0.1, 0.15) is 0 Å². The molecule has 66 valence electrons. The Morgan fingerprint density at radius 3 is 2.64 bits per heavy atom. The van der Waals surface area contributed by atoms with E-state index in [2.05, 4.69) is 18.9 Å². The summed E-state index contributed by atoms with van der Waals surface area (Å²) >= 11 is 0. The van der Waals surface area contributed by atoms with Crippen LogP contribution in [0.5, 0.6) is 0 Å². The quantitative estimate of drug-likeness (QED) is 0.615. The number of hydrogen-bond acceptors (Lipinski definition) is 2. The Kier molecular flexibility index (Phi) is 2.90. The summed E-state index contributed by atoms with van der Waals surface area (Å²) in [5, 5.41) is 0. The number of methoxy groups -OCH3 is 1. The molecule has 2 nitrogen and oxygen atoms in total. The summed E-state index contributed by atoms with van der Waals surface area (Å²) in [7, 11) is 4.00. The predicted molar refractivity (Wildman–Crippen MR) is 46.8 cm³/mol. The van der Waals surface area contributed by atoms with Crippen LogP contribution in [0.4, 0.5) is 0 Å². The molecule has 0 saturated carbocycles. The van der Waals surface area contributed by atoms with Crippen LogP contribution in [0.2, 0.25) is 0 Å². The molecular weight excluding hydrogens is 138 g/mol. The zero-order valence-corrected chi connectivity index (χ0v) is 7.89. The van der Waals surface area contributed by atoms with Crippen LogP contribution in [0.1, 0.15) is 26.2 Å². The Labute approximate surface area is 69.5 Å². The van der Waals surface area contributed by atoms with E-state index in [4.69, 9.17) is 4.74 Å². The molecule has 1 heterocycles. The maximum absolute atomic E-state index is 5.25. The summed E-state index contributed by atoms with van der Waals surface area (Å²) in [5.41, 5.74) is 0.356. The van der Waals surface area contributed by atoms with Crippen LogP contribution in [0.15, 0.2) is 0 Å². The standard InChI is InChI=1S/C9H19NO/c1-4-9(8-11-3)6-5-7-10(9)2/h4-8H2,1-3H3/t9-/m1/s1. The number of hydrogen-bond donors (Lipinski definition) is 0. The first-order chi connectivity index (χ1) is 5.25. The molecule has 0 amide bonds. The van der Waals surface area contributed by atoms with Crippen LogP contribution >= 0.6 is 0 Å². The number of nitrogens with zero attached hydrogens (tertiary/aromatic N) is 1. The highest BCUT2D eigenvalue weighted by Crippen LogP contribution is 2.30. The Bertz CT molecular complexity index is 127. The van der Waals surface area contributed by atoms with Crippen molar-refractivity contribution in [2.45, 2.75) is 31.7 Å². The summed E-state index contributed by atoms with van der Waals surface area (Å²) < 4.78 is 5.25. The topological polar surface area (TPSA) is 12.5 Å². The average molecular weight is 157 g/mol. The van der Waals surface area contributed by atoms with Gasteiger partial charge < -0.3 is 4.74 Å². The third-order valence-corrected chi connectivity index (χ3v) is 3.02. The normalized spacial score (nSPS) is 33.0. The largest absolute Gasteiger partial charge is 0.383 e. The predicted octanol–water partition coefficient (Wildman–Crippen LogP) is 1.51. The van der Waals surface area contributed by atoms with Crippen LogP contribution in [-0.4, -0.2) is 37.7 Å². The van der Waals surface area contributed by atoms with Crippen LogP contribution in [0, 0.1) is 0 Å². The van der Waals surface area contributed by atoms with Gasteiger partial charge in [-0.05, 0) is 32.9 Å². The van der Waals surface area contributed by atoms with E-state index < -0.39 is 0 Å². The van der Waals surface area contributed by atoms with E-state index in [1.807, 2.05) is 0 Å². The van der Waals surface area contributed by atoms with E-state index in [0.717, 1.165) is 6.61 Å². The van der Waals surface area contributed by atoms with Gasteiger partial charge in [0, 0.05) is 12.6 Å². The Morgan fingerprint density at radius 2 is 2.27 bits per heavy atom. The van der Waals surface area contributed by atoms with Crippen LogP contribution in [0.3, 0.4) is 0 Å². The van der Waals surface area contributed by atoms with E-state index in [0.29, 0.717) is 5.54 Å². The maximum Gasteiger partial charge on any atom is 0.0646 e. The first-order valence-corrected chi connectivity index (χ1v) is 4.45. The van der Waals surface area contributed by atoms with Crippen molar-refractivity contribution in [3.63, 3.8) is 0 Å². The molecule has 1 rings (SSSR count). The van der Waals surface area contributed by atoms with E-state index in [1.165, 1.54) is 25.8 Å². The lowest BCUT2D eigenvalue weighted by atomic mass is 9.94. The molecule has 11 heavy (non-hydrogen) atoms. The highest BCUT2D eigenvalue weighted by molar-refractivity contribution is 4.92. The molecule has 0 aromatic heterocycles. The van der Waals surface area contributed by atoms with Crippen molar-refractivity contribution >= 4 is 0 Å².